The van der Waals surface area contributed by atoms with Gasteiger partial charge in [-0.3, -0.25) is 9.59 Å². The summed E-state index contributed by atoms with van der Waals surface area (Å²) in [7, 11) is 0. The molecule has 4 heteroatoms. The lowest BCUT2D eigenvalue weighted by atomic mass is 10.2. The first kappa shape index (κ1) is 11.8. The van der Waals surface area contributed by atoms with Crippen LogP contribution in [0, 0.1) is 0 Å². The second-order valence-corrected chi connectivity index (χ2v) is 2.65. The van der Waals surface area contributed by atoms with E-state index in [4.69, 9.17) is 4.89 Å². The molecule has 0 amide bonds. The maximum atomic E-state index is 10.5. The third-order valence-electron chi connectivity index (χ3n) is 1.23. The van der Waals surface area contributed by atoms with Crippen molar-refractivity contribution in [2.75, 3.05) is 6.61 Å². The fourth-order valence-electron chi connectivity index (χ4n) is 0.661. The van der Waals surface area contributed by atoms with E-state index in [1.807, 2.05) is 0 Å². The first-order chi connectivity index (χ1) is 6.16. The molecule has 0 spiro atoms. The van der Waals surface area contributed by atoms with Crippen LogP contribution in [-0.4, -0.2) is 18.7 Å². The summed E-state index contributed by atoms with van der Waals surface area (Å²) in [5.74, 6) is 0.116. The van der Waals surface area contributed by atoms with Crippen LogP contribution in [0.15, 0.2) is 12.3 Å². The number of carbonyl (C=O) groups is 2. The Hall–Kier alpha value is -1.16. The molecule has 0 radical (unpaired) electrons. The highest BCUT2D eigenvalue weighted by molar-refractivity contribution is 6.24. The zero-order chi connectivity index (χ0) is 10.1. The summed E-state index contributed by atoms with van der Waals surface area (Å²) in [4.78, 5) is 29.7. The molecule has 0 atom stereocenters. The molecule has 0 saturated carbocycles. The largest absolute Gasteiger partial charge is 0.343 e. The number of carbonyl (C=O) groups excluding carboxylic acids is 2. The van der Waals surface area contributed by atoms with Gasteiger partial charge in [-0.1, -0.05) is 6.58 Å². The minimum atomic E-state index is -0.374. The van der Waals surface area contributed by atoms with Gasteiger partial charge in [0.1, 0.15) is 5.76 Å². The number of hydrogen-bond donors (Lipinski definition) is 0. The highest BCUT2D eigenvalue weighted by atomic mass is 17.2. The lowest BCUT2D eigenvalue weighted by Gasteiger charge is -2.02. The van der Waals surface area contributed by atoms with Crippen LogP contribution < -0.4 is 0 Å². The number of aldehydes is 1. The highest BCUT2D eigenvalue weighted by Crippen LogP contribution is 1.98. The number of Topliss-reactive ketones (excluding diaryl/α,β-unsaturated/α-hetero) is 1. The Bertz CT molecular complexity index is 186. The van der Waals surface area contributed by atoms with Crippen molar-refractivity contribution in [2.45, 2.75) is 26.2 Å². The van der Waals surface area contributed by atoms with Crippen LogP contribution in [0.3, 0.4) is 0 Å². The maximum Gasteiger partial charge on any atom is 0.195 e. The first-order valence-corrected chi connectivity index (χ1v) is 4.10. The van der Waals surface area contributed by atoms with Crippen molar-refractivity contribution in [1.29, 1.82) is 0 Å². The molecule has 0 aliphatic carbocycles. The monoisotopic (exact) mass is 186 g/mol. The molecule has 4 nitrogen and oxygen atoms in total. The van der Waals surface area contributed by atoms with Gasteiger partial charge in [0.05, 0.1) is 6.61 Å². The summed E-state index contributed by atoms with van der Waals surface area (Å²) < 4.78 is 0. The van der Waals surface area contributed by atoms with Crippen LogP contribution in [0.1, 0.15) is 26.2 Å². The van der Waals surface area contributed by atoms with Crippen LogP contribution >= 0.6 is 0 Å². The smallest absolute Gasteiger partial charge is 0.195 e. The Morgan fingerprint density at radius 2 is 2.15 bits per heavy atom. The highest BCUT2D eigenvalue weighted by Gasteiger charge is 1.98. The molecule has 0 heterocycles. The van der Waals surface area contributed by atoms with Gasteiger partial charge in [-0.2, -0.15) is 4.89 Å². The average molecular weight is 186 g/mol. The van der Waals surface area contributed by atoms with Crippen molar-refractivity contribution < 1.29 is 19.4 Å². The molecule has 0 unspecified atom stereocenters. The predicted octanol–water partition coefficient (Wildman–Crippen LogP) is 1.41. The van der Waals surface area contributed by atoms with E-state index in [2.05, 4.69) is 11.5 Å². The SMILES string of the molecule is C=C(C)OOCCCCC(=O)C=O. The Morgan fingerprint density at radius 1 is 1.46 bits per heavy atom. The summed E-state index contributed by atoms with van der Waals surface area (Å²) in [6.07, 6.45) is 1.94. The zero-order valence-corrected chi connectivity index (χ0v) is 7.75. The maximum absolute atomic E-state index is 10.5. The van der Waals surface area contributed by atoms with Gasteiger partial charge >= 0.3 is 0 Å². The molecule has 0 aromatic heterocycles. The Morgan fingerprint density at radius 3 is 2.69 bits per heavy atom. The number of rotatable bonds is 8. The van der Waals surface area contributed by atoms with Crippen molar-refractivity contribution >= 4 is 12.1 Å². The van der Waals surface area contributed by atoms with Crippen LogP contribution in [0.5, 0.6) is 0 Å². The van der Waals surface area contributed by atoms with Gasteiger partial charge < -0.3 is 4.89 Å². The van der Waals surface area contributed by atoms with Gasteiger partial charge in [-0.25, -0.2) is 0 Å². The quantitative estimate of drug-likeness (QED) is 0.144. The van der Waals surface area contributed by atoms with Gasteiger partial charge in [-0.15, -0.1) is 0 Å². The third kappa shape index (κ3) is 8.75. The van der Waals surface area contributed by atoms with E-state index >= 15 is 0 Å². The van der Waals surface area contributed by atoms with Crippen LogP contribution in [0.2, 0.25) is 0 Å². The van der Waals surface area contributed by atoms with Crippen LogP contribution in [0.25, 0.3) is 0 Å². The van der Waals surface area contributed by atoms with Crippen molar-refractivity contribution in [2.24, 2.45) is 0 Å². The van der Waals surface area contributed by atoms with E-state index in [1.54, 1.807) is 6.92 Å². The molecule has 0 aromatic carbocycles. The van der Waals surface area contributed by atoms with Crippen molar-refractivity contribution in [3.05, 3.63) is 12.3 Å². The fourth-order valence-corrected chi connectivity index (χ4v) is 0.661. The second-order valence-electron chi connectivity index (χ2n) is 2.65. The Labute approximate surface area is 77.4 Å². The van der Waals surface area contributed by atoms with E-state index in [9.17, 15) is 9.59 Å². The standard InChI is InChI=1S/C9H14O4/c1-8(2)13-12-6-4-3-5-9(11)7-10/h7H,1,3-6H2,2H3. The molecule has 74 valence electrons. The van der Waals surface area contributed by atoms with E-state index in [0.717, 1.165) is 0 Å². The van der Waals surface area contributed by atoms with E-state index in [1.165, 1.54) is 0 Å². The van der Waals surface area contributed by atoms with Crippen molar-refractivity contribution in [3.8, 4) is 0 Å². The van der Waals surface area contributed by atoms with Gasteiger partial charge in [0, 0.05) is 6.42 Å². The topological polar surface area (TPSA) is 52.6 Å². The summed E-state index contributed by atoms with van der Waals surface area (Å²) in [5.41, 5.74) is 0. The van der Waals surface area contributed by atoms with Crippen molar-refractivity contribution in [3.63, 3.8) is 0 Å². The fraction of sp³-hybridized carbons (Fsp3) is 0.556. The van der Waals surface area contributed by atoms with E-state index in [0.29, 0.717) is 31.5 Å². The summed E-state index contributed by atoms with van der Waals surface area (Å²) in [6, 6.07) is 0. The van der Waals surface area contributed by atoms with Gasteiger partial charge in [0.15, 0.2) is 12.1 Å². The lowest BCUT2D eigenvalue weighted by Crippen LogP contribution is -2.00. The van der Waals surface area contributed by atoms with Crippen LogP contribution in [0.4, 0.5) is 0 Å². The minimum Gasteiger partial charge on any atom is -0.343 e. The van der Waals surface area contributed by atoms with Crippen LogP contribution in [-0.2, 0) is 19.4 Å². The number of ketones is 1. The number of unbranched alkanes of at least 4 members (excludes halogenated alkanes) is 1. The minimum absolute atomic E-state index is 0.278. The normalized spacial score (nSPS) is 9.31. The molecule has 0 bridgehead atoms. The Balaban J connectivity index is 3.12. The van der Waals surface area contributed by atoms with E-state index in [-0.39, 0.29) is 12.2 Å². The molecule has 0 rings (SSSR count). The van der Waals surface area contributed by atoms with Gasteiger partial charge in [-0.05, 0) is 19.8 Å². The summed E-state index contributed by atoms with van der Waals surface area (Å²) in [6.45, 7) is 5.55. The molecule has 0 aliphatic rings. The third-order valence-corrected chi connectivity index (χ3v) is 1.23. The molecular weight excluding hydrogens is 172 g/mol. The molecular formula is C9H14O4. The second kappa shape index (κ2) is 7.49. The van der Waals surface area contributed by atoms with Crippen molar-refractivity contribution in [1.82, 2.24) is 0 Å². The molecule has 0 fully saturated rings. The zero-order valence-electron chi connectivity index (χ0n) is 7.75. The molecule has 0 aliphatic heterocycles. The summed E-state index contributed by atoms with van der Waals surface area (Å²) >= 11 is 0. The first-order valence-electron chi connectivity index (χ1n) is 4.10. The van der Waals surface area contributed by atoms with E-state index < -0.39 is 0 Å². The number of allylic oxidation sites excluding steroid dienone is 1. The lowest BCUT2D eigenvalue weighted by molar-refractivity contribution is -0.261. The predicted molar refractivity (Wildman–Crippen MR) is 46.8 cm³/mol. The van der Waals surface area contributed by atoms with Gasteiger partial charge in [0.2, 0.25) is 0 Å². The molecule has 0 aromatic rings. The average Bonchev–Trinajstić information content (AvgIpc) is 2.10. The number of hydrogen-bond acceptors (Lipinski definition) is 4. The molecule has 0 saturated heterocycles. The Kier molecular flexibility index (Phi) is 6.82. The summed E-state index contributed by atoms with van der Waals surface area (Å²) in [5, 5.41) is 0. The molecule has 0 N–H and O–H groups in total. The van der Waals surface area contributed by atoms with Gasteiger partial charge in [0.25, 0.3) is 0 Å². The molecule has 13 heavy (non-hydrogen) atoms.